The summed E-state index contributed by atoms with van der Waals surface area (Å²) in [5.41, 5.74) is 6.64. The Labute approximate surface area is 180 Å². The fourth-order valence-electron chi connectivity index (χ4n) is 3.99. The third-order valence-electron chi connectivity index (χ3n) is 5.56. The van der Waals surface area contributed by atoms with Crippen LogP contribution in [0.5, 0.6) is 5.75 Å². The summed E-state index contributed by atoms with van der Waals surface area (Å²) < 4.78 is 6.39. The lowest BCUT2D eigenvalue weighted by Gasteiger charge is -2.38. The van der Waals surface area contributed by atoms with Crippen molar-refractivity contribution in [3.63, 3.8) is 0 Å². The standard InChI is InChI=1S/C24H20Cl2N2O/c1-14-3-7-16(8-4-14)21-13-22-19-11-18(25)12-20(26)23(19)29-24(28(22)27-21)17-9-5-15(2)6-10-17/h3-12,22,24H,13H2,1-2H3/t22-,24-/m1/s1. The van der Waals surface area contributed by atoms with Crippen LogP contribution in [0, 0.1) is 13.8 Å². The highest BCUT2D eigenvalue weighted by molar-refractivity contribution is 6.35. The number of ether oxygens (including phenoxy) is 1. The number of hydrazone groups is 1. The van der Waals surface area contributed by atoms with Gasteiger partial charge in [0.25, 0.3) is 0 Å². The van der Waals surface area contributed by atoms with Gasteiger partial charge in [-0.05, 0) is 31.5 Å². The maximum Gasteiger partial charge on any atom is 0.213 e. The molecule has 0 radical (unpaired) electrons. The molecule has 2 aliphatic heterocycles. The fourth-order valence-corrected chi connectivity index (χ4v) is 4.54. The lowest BCUT2D eigenvalue weighted by molar-refractivity contribution is -0.0189. The predicted octanol–water partition coefficient (Wildman–Crippen LogP) is 6.85. The number of halogens is 2. The summed E-state index contributed by atoms with van der Waals surface area (Å²) in [5, 5.41) is 8.18. The van der Waals surface area contributed by atoms with E-state index in [0.717, 1.165) is 28.8 Å². The zero-order valence-electron chi connectivity index (χ0n) is 16.2. The van der Waals surface area contributed by atoms with Gasteiger partial charge < -0.3 is 4.74 Å². The molecule has 3 nitrogen and oxygen atoms in total. The zero-order valence-corrected chi connectivity index (χ0v) is 17.7. The molecule has 3 aromatic carbocycles. The Balaban J connectivity index is 1.62. The Bertz CT molecular complexity index is 1110. The van der Waals surface area contributed by atoms with Gasteiger partial charge in [0.1, 0.15) is 5.75 Å². The van der Waals surface area contributed by atoms with Gasteiger partial charge in [-0.2, -0.15) is 5.10 Å². The van der Waals surface area contributed by atoms with Crippen molar-refractivity contribution in [2.75, 3.05) is 0 Å². The minimum atomic E-state index is -0.338. The molecule has 0 spiro atoms. The average molecular weight is 423 g/mol. The van der Waals surface area contributed by atoms with E-state index in [1.54, 1.807) is 6.07 Å². The molecule has 0 bridgehead atoms. The van der Waals surface area contributed by atoms with E-state index >= 15 is 0 Å². The van der Waals surface area contributed by atoms with Crippen LogP contribution in [0.3, 0.4) is 0 Å². The van der Waals surface area contributed by atoms with Gasteiger partial charge in [-0.1, -0.05) is 82.9 Å². The van der Waals surface area contributed by atoms with E-state index in [1.807, 2.05) is 6.07 Å². The number of fused-ring (bicyclic) bond motifs is 3. The summed E-state index contributed by atoms with van der Waals surface area (Å²) in [7, 11) is 0. The van der Waals surface area contributed by atoms with Crippen molar-refractivity contribution in [2.24, 2.45) is 5.10 Å². The zero-order chi connectivity index (χ0) is 20.1. The average Bonchev–Trinajstić information content (AvgIpc) is 3.14. The molecule has 0 N–H and O–H groups in total. The van der Waals surface area contributed by atoms with Crippen molar-refractivity contribution in [3.05, 3.63) is 98.5 Å². The molecule has 0 unspecified atom stereocenters. The van der Waals surface area contributed by atoms with Crippen molar-refractivity contribution in [3.8, 4) is 5.75 Å². The predicted molar refractivity (Wildman–Crippen MR) is 118 cm³/mol. The maximum atomic E-state index is 6.52. The van der Waals surface area contributed by atoms with Gasteiger partial charge in [0, 0.05) is 22.6 Å². The molecule has 0 saturated carbocycles. The number of hydrogen-bond acceptors (Lipinski definition) is 3. The number of hydrogen-bond donors (Lipinski definition) is 0. The number of rotatable bonds is 2. The van der Waals surface area contributed by atoms with Gasteiger partial charge >= 0.3 is 0 Å². The molecule has 0 fully saturated rings. The fraction of sp³-hybridized carbons (Fsp3) is 0.208. The number of aryl methyl sites for hydroxylation is 2. The van der Waals surface area contributed by atoms with Gasteiger partial charge in [-0.25, -0.2) is 5.01 Å². The van der Waals surface area contributed by atoms with Crippen molar-refractivity contribution < 1.29 is 4.74 Å². The molecule has 29 heavy (non-hydrogen) atoms. The molecule has 5 rings (SSSR count). The summed E-state index contributed by atoms with van der Waals surface area (Å²) in [6.07, 6.45) is 0.438. The van der Waals surface area contributed by atoms with Crippen molar-refractivity contribution in [2.45, 2.75) is 32.5 Å². The van der Waals surface area contributed by atoms with Crippen LogP contribution in [0.2, 0.25) is 10.0 Å². The van der Waals surface area contributed by atoms with Crippen LogP contribution in [0.4, 0.5) is 0 Å². The first kappa shape index (κ1) is 18.5. The second-order valence-electron chi connectivity index (χ2n) is 7.70. The molecule has 5 heteroatoms. The molecule has 2 aliphatic rings. The summed E-state index contributed by atoms with van der Waals surface area (Å²) in [4.78, 5) is 0. The monoisotopic (exact) mass is 422 g/mol. The van der Waals surface area contributed by atoms with Crippen LogP contribution in [0.25, 0.3) is 0 Å². The van der Waals surface area contributed by atoms with Crippen molar-refractivity contribution >= 4 is 28.9 Å². The highest BCUT2D eigenvalue weighted by atomic mass is 35.5. The first-order valence-electron chi connectivity index (χ1n) is 9.64. The number of nitrogens with zero attached hydrogens (tertiary/aromatic N) is 2. The second-order valence-corrected chi connectivity index (χ2v) is 8.54. The van der Waals surface area contributed by atoms with Crippen LogP contribution in [0.15, 0.2) is 65.8 Å². The second kappa shape index (κ2) is 7.08. The van der Waals surface area contributed by atoms with Crippen LogP contribution >= 0.6 is 23.2 Å². The third-order valence-corrected chi connectivity index (χ3v) is 6.05. The highest BCUT2D eigenvalue weighted by Crippen LogP contribution is 2.50. The van der Waals surface area contributed by atoms with Crippen molar-refractivity contribution in [1.82, 2.24) is 5.01 Å². The van der Waals surface area contributed by atoms with Crippen LogP contribution in [-0.4, -0.2) is 10.7 Å². The lowest BCUT2D eigenvalue weighted by Crippen LogP contribution is -2.33. The molecular weight excluding hydrogens is 403 g/mol. The number of benzene rings is 3. The molecule has 146 valence electrons. The third kappa shape index (κ3) is 3.29. The minimum Gasteiger partial charge on any atom is -0.463 e. The molecule has 0 aromatic heterocycles. The van der Waals surface area contributed by atoms with E-state index in [2.05, 4.69) is 67.4 Å². The van der Waals surface area contributed by atoms with Gasteiger partial charge in [0.15, 0.2) is 0 Å². The maximum absolute atomic E-state index is 6.52. The van der Waals surface area contributed by atoms with E-state index < -0.39 is 0 Å². The minimum absolute atomic E-state index is 0.0255. The van der Waals surface area contributed by atoms with E-state index in [0.29, 0.717) is 15.8 Å². The molecule has 2 atom stereocenters. The molecule has 3 aromatic rings. The van der Waals surface area contributed by atoms with E-state index in [4.69, 9.17) is 33.0 Å². The van der Waals surface area contributed by atoms with E-state index in [-0.39, 0.29) is 12.3 Å². The first-order valence-corrected chi connectivity index (χ1v) is 10.4. The van der Waals surface area contributed by atoms with Gasteiger partial charge in [0.05, 0.1) is 16.8 Å². The Morgan fingerprint density at radius 3 is 2.28 bits per heavy atom. The topological polar surface area (TPSA) is 24.8 Å². The smallest absolute Gasteiger partial charge is 0.213 e. The Kier molecular flexibility index (Phi) is 4.53. The van der Waals surface area contributed by atoms with Gasteiger partial charge in [0.2, 0.25) is 6.23 Å². The Morgan fingerprint density at radius 1 is 0.931 bits per heavy atom. The largest absolute Gasteiger partial charge is 0.463 e. The molecule has 2 heterocycles. The van der Waals surface area contributed by atoms with Crippen LogP contribution in [0.1, 0.15) is 46.5 Å². The van der Waals surface area contributed by atoms with Crippen molar-refractivity contribution in [1.29, 1.82) is 0 Å². The summed E-state index contributed by atoms with van der Waals surface area (Å²) in [5.74, 6) is 0.697. The van der Waals surface area contributed by atoms with E-state index in [1.165, 1.54) is 11.1 Å². The first-order chi connectivity index (χ1) is 14.0. The van der Waals surface area contributed by atoms with Gasteiger partial charge in [-0.15, -0.1) is 0 Å². The highest BCUT2D eigenvalue weighted by Gasteiger charge is 2.42. The van der Waals surface area contributed by atoms with Gasteiger partial charge in [-0.3, -0.25) is 0 Å². The van der Waals surface area contributed by atoms with Crippen LogP contribution in [-0.2, 0) is 0 Å². The SMILES string of the molecule is Cc1ccc(C2=NN3[C@H](C2)c2cc(Cl)cc(Cl)c2O[C@@H]3c2ccc(C)cc2)cc1. The molecular formula is C24H20Cl2N2O. The molecule has 0 saturated heterocycles. The normalized spacial score (nSPS) is 20.0. The Hall–Kier alpha value is -2.49. The molecule has 0 amide bonds. The summed E-state index contributed by atoms with van der Waals surface area (Å²) in [6.45, 7) is 4.16. The summed E-state index contributed by atoms with van der Waals surface area (Å²) in [6, 6.07) is 20.5. The molecule has 0 aliphatic carbocycles. The van der Waals surface area contributed by atoms with Crippen LogP contribution < -0.4 is 4.74 Å². The Morgan fingerprint density at radius 2 is 1.59 bits per heavy atom. The lowest BCUT2D eigenvalue weighted by atomic mass is 9.95. The summed E-state index contributed by atoms with van der Waals surface area (Å²) >= 11 is 12.8. The van der Waals surface area contributed by atoms with E-state index in [9.17, 15) is 0 Å². The quantitative estimate of drug-likeness (QED) is 0.450.